The van der Waals surface area contributed by atoms with E-state index >= 15 is 0 Å². The van der Waals surface area contributed by atoms with E-state index in [2.05, 4.69) is 30.2 Å². The van der Waals surface area contributed by atoms with Gasteiger partial charge in [-0.15, -0.1) is 11.3 Å². The van der Waals surface area contributed by atoms with Crippen LogP contribution < -0.4 is 10.0 Å². The van der Waals surface area contributed by atoms with Gasteiger partial charge in [-0.3, -0.25) is 5.10 Å². The monoisotopic (exact) mass is 390 g/mol. The fraction of sp³-hybridized carbons (Fsp3) is 0.312. The van der Waals surface area contributed by atoms with E-state index in [1.807, 2.05) is 13.0 Å². The SMILES string of the molecule is CNS(=O)(=O)c1ccc(-c2ncc(C)c(Nc3cc(C4CC4)[nH]n3)n2)s1. The molecule has 136 valence electrons. The molecule has 26 heavy (non-hydrogen) atoms. The second-order valence-corrected chi connectivity index (χ2v) is 9.36. The van der Waals surface area contributed by atoms with Gasteiger partial charge in [-0.2, -0.15) is 5.10 Å². The van der Waals surface area contributed by atoms with Crippen LogP contribution in [0.3, 0.4) is 0 Å². The second-order valence-electron chi connectivity index (χ2n) is 6.16. The molecule has 1 aliphatic carbocycles. The largest absolute Gasteiger partial charge is 0.323 e. The van der Waals surface area contributed by atoms with E-state index in [1.54, 1.807) is 18.3 Å². The molecule has 3 aromatic heterocycles. The molecule has 0 radical (unpaired) electrons. The predicted octanol–water partition coefficient (Wildman–Crippen LogP) is 2.77. The third-order valence-corrected chi connectivity index (χ3v) is 7.16. The third kappa shape index (κ3) is 3.35. The van der Waals surface area contributed by atoms with Gasteiger partial charge >= 0.3 is 0 Å². The zero-order valence-corrected chi connectivity index (χ0v) is 15.9. The van der Waals surface area contributed by atoms with Gasteiger partial charge in [0, 0.05) is 29.4 Å². The maximum atomic E-state index is 11.9. The summed E-state index contributed by atoms with van der Waals surface area (Å²) in [4.78, 5) is 9.56. The number of anilines is 2. The van der Waals surface area contributed by atoms with Crippen molar-refractivity contribution < 1.29 is 8.42 Å². The molecule has 1 saturated carbocycles. The number of sulfonamides is 1. The molecule has 0 saturated heterocycles. The lowest BCUT2D eigenvalue weighted by Gasteiger charge is -2.07. The highest BCUT2D eigenvalue weighted by Gasteiger charge is 2.25. The first-order valence-corrected chi connectivity index (χ1v) is 10.5. The third-order valence-electron chi connectivity index (χ3n) is 4.17. The van der Waals surface area contributed by atoms with Crippen LogP contribution in [-0.4, -0.2) is 35.6 Å². The zero-order valence-electron chi connectivity index (χ0n) is 14.3. The maximum Gasteiger partial charge on any atom is 0.249 e. The lowest BCUT2D eigenvalue weighted by atomic mass is 10.3. The van der Waals surface area contributed by atoms with E-state index in [0.717, 1.165) is 22.6 Å². The Bertz CT molecular complexity index is 1050. The molecule has 3 aromatic rings. The van der Waals surface area contributed by atoms with Gasteiger partial charge in [-0.05, 0) is 38.9 Å². The summed E-state index contributed by atoms with van der Waals surface area (Å²) < 4.78 is 26.4. The van der Waals surface area contributed by atoms with Crippen LogP contribution in [0.4, 0.5) is 11.6 Å². The summed E-state index contributed by atoms with van der Waals surface area (Å²) in [6.07, 6.45) is 4.12. The lowest BCUT2D eigenvalue weighted by Crippen LogP contribution is -2.17. The summed E-state index contributed by atoms with van der Waals surface area (Å²) in [7, 11) is -2.08. The fourth-order valence-corrected chi connectivity index (χ4v) is 4.58. The van der Waals surface area contributed by atoms with E-state index in [1.165, 1.54) is 19.9 Å². The van der Waals surface area contributed by atoms with Crippen molar-refractivity contribution in [2.45, 2.75) is 29.9 Å². The second kappa shape index (κ2) is 6.45. The maximum absolute atomic E-state index is 11.9. The summed E-state index contributed by atoms with van der Waals surface area (Å²) in [5, 5.41) is 10.5. The summed E-state index contributed by atoms with van der Waals surface area (Å²) in [6, 6.07) is 5.27. The van der Waals surface area contributed by atoms with Gasteiger partial charge < -0.3 is 5.32 Å². The molecule has 0 atom stereocenters. The molecular weight excluding hydrogens is 372 g/mol. The molecule has 1 aliphatic rings. The normalized spacial score (nSPS) is 14.5. The summed E-state index contributed by atoms with van der Waals surface area (Å²) in [6.45, 7) is 1.91. The van der Waals surface area contributed by atoms with Crippen molar-refractivity contribution in [2.75, 3.05) is 12.4 Å². The standard InChI is InChI=1S/C16H18N6O2S2/c1-9-8-18-16(12-5-6-14(25-12)26(23,24)17-2)20-15(9)19-13-7-11(21-22-13)10-3-4-10/h5-8,10,17H,3-4H2,1-2H3,(H2,18,19,20,21,22). The quantitative estimate of drug-likeness (QED) is 0.596. The number of nitrogens with zero attached hydrogens (tertiary/aromatic N) is 3. The molecule has 10 heteroatoms. The zero-order chi connectivity index (χ0) is 18.3. The number of aromatic nitrogens is 4. The van der Waals surface area contributed by atoms with Crippen LogP contribution in [0.25, 0.3) is 10.7 Å². The number of hydrogen-bond donors (Lipinski definition) is 3. The van der Waals surface area contributed by atoms with Crippen molar-refractivity contribution in [3.8, 4) is 10.7 Å². The molecule has 0 spiro atoms. The number of aryl methyl sites for hydroxylation is 1. The Morgan fingerprint density at radius 1 is 1.31 bits per heavy atom. The number of rotatable bonds is 6. The van der Waals surface area contributed by atoms with Crippen molar-refractivity contribution in [3.05, 3.63) is 35.7 Å². The first-order chi connectivity index (χ1) is 12.5. The van der Waals surface area contributed by atoms with Gasteiger partial charge in [0.1, 0.15) is 10.0 Å². The van der Waals surface area contributed by atoms with Gasteiger partial charge in [0.05, 0.1) is 4.88 Å². The molecular formula is C16H18N6O2S2. The Kier molecular flexibility index (Phi) is 4.25. The number of H-pyrrole nitrogens is 1. The van der Waals surface area contributed by atoms with Gasteiger partial charge in [-0.1, -0.05) is 0 Å². The van der Waals surface area contributed by atoms with E-state index in [9.17, 15) is 8.42 Å². The molecule has 3 heterocycles. The van der Waals surface area contributed by atoms with Crippen LogP contribution in [-0.2, 0) is 10.0 Å². The van der Waals surface area contributed by atoms with Gasteiger partial charge in [0.25, 0.3) is 0 Å². The molecule has 1 fully saturated rings. The number of hydrogen-bond acceptors (Lipinski definition) is 7. The van der Waals surface area contributed by atoms with Crippen LogP contribution in [0.1, 0.15) is 30.0 Å². The van der Waals surface area contributed by atoms with E-state index in [-0.39, 0.29) is 4.21 Å². The Hall–Kier alpha value is -2.30. The Labute approximate surface area is 155 Å². The van der Waals surface area contributed by atoms with Crippen LogP contribution in [0.5, 0.6) is 0 Å². The average molecular weight is 390 g/mol. The van der Waals surface area contributed by atoms with Gasteiger partial charge in [0.15, 0.2) is 11.6 Å². The minimum atomic E-state index is -3.47. The fourth-order valence-electron chi connectivity index (χ4n) is 2.50. The smallest absolute Gasteiger partial charge is 0.249 e. The van der Waals surface area contributed by atoms with E-state index < -0.39 is 10.0 Å². The van der Waals surface area contributed by atoms with Crippen molar-refractivity contribution >= 4 is 33.0 Å². The minimum Gasteiger partial charge on any atom is -0.323 e. The first kappa shape index (κ1) is 17.1. The van der Waals surface area contributed by atoms with Crippen molar-refractivity contribution in [3.63, 3.8) is 0 Å². The lowest BCUT2D eigenvalue weighted by molar-refractivity contribution is 0.590. The van der Waals surface area contributed by atoms with Crippen LogP contribution in [0.2, 0.25) is 0 Å². The Morgan fingerprint density at radius 3 is 2.85 bits per heavy atom. The van der Waals surface area contributed by atoms with Gasteiger partial charge in [0.2, 0.25) is 10.0 Å². The van der Waals surface area contributed by atoms with E-state index in [0.29, 0.717) is 28.3 Å². The summed E-state index contributed by atoms with van der Waals surface area (Å²) in [5.74, 6) is 2.43. The highest BCUT2D eigenvalue weighted by atomic mass is 32.2. The highest BCUT2D eigenvalue weighted by molar-refractivity contribution is 7.91. The average Bonchev–Trinajstić information content (AvgIpc) is 3.16. The number of nitrogens with one attached hydrogen (secondary N) is 3. The van der Waals surface area contributed by atoms with Crippen molar-refractivity contribution in [1.82, 2.24) is 24.9 Å². The summed E-state index contributed by atoms with van der Waals surface area (Å²) >= 11 is 1.13. The van der Waals surface area contributed by atoms with Gasteiger partial charge in [-0.25, -0.2) is 23.1 Å². The Balaban J connectivity index is 1.61. The highest BCUT2D eigenvalue weighted by Crippen LogP contribution is 2.39. The predicted molar refractivity (Wildman–Crippen MR) is 100 cm³/mol. The first-order valence-electron chi connectivity index (χ1n) is 8.16. The molecule has 0 aliphatic heterocycles. The minimum absolute atomic E-state index is 0.232. The van der Waals surface area contributed by atoms with Crippen LogP contribution >= 0.6 is 11.3 Å². The molecule has 0 aromatic carbocycles. The molecule has 4 rings (SSSR count). The van der Waals surface area contributed by atoms with Crippen LogP contribution in [0.15, 0.2) is 28.6 Å². The number of thiophene rings is 1. The van der Waals surface area contributed by atoms with Crippen molar-refractivity contribution in [2.24, 2.45) is 0 Å². The summed E-state index contributed by atoms with van der Waals surface area (Å²) in [5.41, 5.74) is 2.02. The molecule has 0 amide bonds. The molecule has 0 bridgehead atoms. The van der Waals surface area contributed by atoms with Crippen molar-refractivity contribution in [1.29, 1.82) is 0 Å². The Morgan fingerprint density at radius 2 is 2.12 bits per heavy atom. The molecule has 8 nitrogen and oxygen atoms in total. The van der Waals surface area contributed by atoms with E-state index in [4.69, 9.17) is 0 Å². The molecule has 3 N–H and O–H groups in total. The number of aromatic amines is 1. The van der Waals surface area contributed by atoms with Crippen LogP contribution in [0, 0.1) is 6.92 Å². The topological polar surface area (TPSA) is 113 Å². The molecule has 0 unspecified atom stereocenters.